The van der Waals surface area contributed by atoms with Crippen molar-refractivity contribution in [3.05, 3.63) is 35.4 Å². The molecule has 1 aliphatic heterocycles. The summed E-state index contributed by atoms with van der Waals surface area (Å²) in [6, 6.07) is 10.4. The molecule has 0 amide bonds. The predicted octanol–water partition coefficient (Wildman–Crippen LogP) is 5.79. The highest BCUT2D eigenvalue weighted by atomic mass is 35.5. The van der Waals surface area contributed by atoms with Gasteiger partial charge in [-0.1, -0.05) is 17.7 Å². The Labute approximate surface area is 204 Å². The van der Waals surface area contributed by atoms with Crippen molar-refractivity contribution < 1.29 is 14.2 Å². The van der Waals surface area contributed by atoms with E-state index in [0.29, 0.717) is 22.6 Å². The lowest BCUT2D eigenvalue weighted by atomic mass is 10.1. The fourth-order valence-corrected chi connectivity index (χ4v) is 5.54. The first-order valence-corrected chi connectivity index (χ1v) is 13.1. The highest BCUT2D eigenvalue weighted by Crippen LogP contribution is 2.44. The third-order valence-corrected chi connectivity index (χ3v) is 7.47. The Bertz CT molecular complexity index is 1120. The molecule has 5 rings (SSSR count). The summed E-state index contributed by atoms with van der Waals surface area (Å²) in [6.07, 6.45) is 6.84. The second-order valence-corrected chi connectivity index (χ2v) is 9.92. The summed E-state index contributed by atoms with van der Waals surface area (Å²) in [6.45, 7) is 2.73. The Morgan fingerprint density at radius 2 is 1.82 bits per heavy atom. The molecule has 6 nitrogen and oxygen atoms in total. The van der Waals surface area contributed by atoms with Crippen molar-refractivity contribution in [2.75, 3.05) is 45.1 Å². The minimum atomic E-state index is 0.474. The van der Waals surface area contributed by atoms with E-state index in [-0.39, 0.29) is 0 Å². The first kappa shape index (κ1) is 22.7. The van der Waals surface area contributed by atoms with E-state index in [2.05, 4.69) is 29.4 Å². The lowest BCUT2D eigenvalue weighted by Crippen LogP contribution is -2.41. The van der Waals surface area contributed by atoms with E-state index in [9.17, 15) is 0 Å². The zero-order chi connectivity index (χ0) is 22.9. The van der Waals surface area contributed by atoms with Crippen LogP contribution in [0.5, 0.6) is 11.5 Å². The highest BCUT2D eigenvalue weighted by molar-refractivity contribution is 7.98. The summed E-state index contributed by atoms with van der Waals surface area (Å²) in [5.74, 6) is 2.10. The quantitative estimate of drug-likeness (QED) is 0.375. The molecular weight excluding hydrogens is 458 g/mol. The molecule has 2 fully saturated rings. The molecule has 2 aliphatic rings. The number of thioether (sulfide) groups is 1. The first-order chi connectivity index (χ1) is 16.1. The molecule has 0 atom stereocenters. The van der Waals surface area contributed by atoms with E-state index in [1.54, 1.807) is 26.0 Å². The normalized spacial score (nSPS) is 16.8. The van der Waals surface area contributed by atoms with Crippen molar-refractivity contribution in [3.8, 4) is 22.8 Å². The predicted molar refractivity (Wildman–Crippen MR) is 134 cm³/mol. The van der Waals surface area contributed by atoms with Crippen LogP contribution in [0.25, 0.3) is 16.8 Å². The van der Waals surface area contributed by atoms with Crippen molar-refractivity contribution in [2.24, 2.45) is 5.92 Å². The number of hydrogen-bond donors (Lipinski definition) is 0. The number of rotatable bonds is 8. The maximum Gasteiger partial charge on any atom is 0.142 e. The van der Waals surface area contributed by atoms with Gasteiger partial charge in [0.15, 0.2) is 0 Å². The number of benzene rings is 1. The Hall–Kier alpha value is -2.09. The van der Waals surface area contributed by atoms with Crippen molar-refractivity contribution in [3.63, 3.8) is 0 Å². The fourth-order valence-electron chi connectivity index (χ4n) is 4.76. The van der Waals surface area contributed by atoms with Crippen molar-refractivity contribution in [1.82, 2.24) is 9.61 Å². The van der Waals surface area contributed by atoms with Crippen LogP contribution in [0, 0.1) is 5.92 Å². The molecule has 1 saturated heterocycles. The molecule has 1 saturated carbocycles. The van der Waals surface area contributed by atoms with E-state index in [1.807, 2.05) is 16.6 Å². The van der Waals surface area contributed by atoms with Crippen molar-refractivity contribution in [1.29, 1.82) is 0 Å². The minimum Gasteiger partial charge on any atom is -0.496 e. The van der Waals surface area contributed by atoms with Gasteiger partial charge < -0.3 is 19.1 Å². The molecule has 0 unspecified atom stereocenters. The zero-order valence-electron chi connectivity index (χ0n) is 19.3. The maximum atomic E-state index is 6.32. The van der Waals surface area contributed by atoms with Crippen LogP contribution < -0.4 is 14.4 Å². The molecule has 3 heterocycles. The van der Waals surface area contributed by atoms with Crippen LogP contribution in [0.1, 0.15) is 25.7 Å². The summed E-state index contributed by atoms with van der Waals surface area (Å²) in [5.41, 5.74) is 4.09. The van der Waals surface area contributed by atoms with Gasteiger partial charge in [0.05, 0.1) is 36.7 Å². The van der Waals surface area contributed by atoms with Crippen LogP contribution in [0.15, 0.2) is 35.4 Å². The molecule has 0 spiro atoms. The van der Waals surface area contributed by atoms with Gasteiger partial charge >= 0.3 is 0 Å². The molecular formula is C25H30ClN3O3S. The van der Waals surface area contributed by atoms with E-state index in [1.165, 1.54) is 18.5 Å². The molecule has 1 aliphatic carbocycles. The number of anilines is 1. The van der Waals surface area contributed by atoms with E-state index < -0.39 is 0 Å². The third kappa shape index (κ3) is 4.38. The number of ether oxygens (including phenoxy) is 3. The molecule has 0 radical (unpaired) electrons. The standard InChI is InChI=1S/C25H30ClN3O3S/c1-30-21-13-17(26)14-22(31-2)23(21)19-5-4-6-20-24(25(33-3)27-29(19)20)28(15-16-7-8-16)18-9-11-32-12-10-18/h4-6,13-14,16,18H,7-12,15H2,1-3H3. The number of methoxy groups -OCH3 is 2. The number of pyridine rings is 1. The second-order valence-electron chi connectivity index (χ2n) is 8.69. The highest BCUT2D eigenvalue weighted by Gasteiger charge is 2.33. The minimum absolute atomic E-state index is 0.474. The molecule has 0 bridgehead atoms. The van der Waals surface area contributed by atoms with Gasteiger partial charge in [0.2, 0.25) is 0 Å². The average molecular weight is 488 g/mol. The van der Waals surface area contributed by atoms with Crippen LogP contribution in [0.2, 0.25) is 5.02 Å². The van der Waals surface area contributed by atoms with Crippen LogP contribution in [0.3, 0.4) is 0 Å². The molecule has 33 heavy (non-hydrogen) atoms. The Balaban J connectivity index is 1.70. The van der Waals surface area contributed by atoms with Crippen LogP contribution in [-0.2, 0) is 4.74 Å². The Morgan fingerprint density at radius 3 is 2.42 bits per heavy atom. The van der Waals surface area contributed by atoms with E-state index in [4.69, 9.17) is 30.9 Å². The number of nitrogens with zero attached hydrogens (tertiary/aromatic N) is 3. The number of halogens is 1. The van der Waals surface area contributed by atoms with Gasteiger partial charge in [-0.2, -0.15) is 5.10 Å². The van der Waals surface area contributed by atoms with Gasteiger partial charge in [0, 0.05) is 30.8 Å². The van der Waals surface area contributed by atoms with Gasteiger partial charge in [0.1, 0.15) is 16.5 Å². The monoisotopic (exact) mass is 487 g/mol. The third-order valence-electron chi connectivity index (χ3n) is 6.59. The van der Waals surface area contributed by atoms with Gasteiger partial charge in [0.25, 0.3) is 0 Å². The molecule has 1 aromatic carbocycles. The molecule has 3 aromatic rings. The summed E-state index contributed by atoms with van der Waals surface area (Å²) >= 11 is 8.02. The summed E-state index contributed by atoms with van der Waals surface area (Å²) in [7, 11) is 3.30. The van der Waals surface area contributed by atoms with Crippen molar-refractivity contribution in [2.45, 2.75) is 36.8 Å². The fraction of sp³-hybridized carbons (Fsp3) is 0.480. The molecule has 176 valence electrons. The maximum absolute atomic E-state index is 6.32. The van der Waals surface area contributed by atoms with E-state index >= 15 is 0 Å². The second kappa shape index (κ2) is 9.65. The molecule has 2 aromatic heterocycles. The molecule has 8 heteroatoms. The Morgan fingerprint density at radius 1 is 1.12 bits per heavy atom. The topological polar surface area (TPSA) is 48.2 Å². The zero-order valence-corrected chi connectivity index (χ0v) is 20.9. The van der Waals surface area contributed by atoms with Gasteiger partial charge in [-0.05, 0) is 62.1 Å². The number of hydrogen-bond acceptors (Lipinski definition) is 6. The summed E-state index contributed by atoms with van der Waals surface area (Å²) in [4.78, 5) is 2.62. The number of fused-ring (bicyclic) bond motifs is 1. The van der Waals surface area contributed by atoms with Gasteiger partial charge in [-0.3, -0.25) is 0 Å². The number of aromatic nitrogens is 2. The van der Waals surface area contributed by atoms with Crippen molar-refractivity contribution >= 4 is 34.6 Å². The smallest absolute Gasteiger partial charge is 0.142 e. The largest absolute Gasteiger partial charge is 0.496 e. The first-order valence-electron chi connectivity index (χ1n) is 11.5. The Kier molecular flexibility index (Phi) is 6.63. The van der Waals surface area contributed by atoms with Crippen LogP contribution in [0.4, 0.5) is 5.69 Å². The summed E-state index contributed by atoms with van der Waals surface area (Å²) < 4.78 is 19.1. The van der Waals surface area contributed by atoms with Crippen LogP contribution >= 0.6 is 23.4 Å². The lowest BCUT2D eigenvalue weighted by molar-refractivity contribution is 0.0841. The molecule has 0 N–H and O–H groups in total. The van der Waals surface area contributed by atoms with Gasteiger partial charge in [-0.25, -0.2) is 4.52 Å². The lowest BCUT2D eigenvalue weighted by Gasteiger charge is -2.36. The SMILES string of the molecule is COc1cc(Cl)cc(OC)c1-c1cccc2c(N(CC3CC3)C3CCOCC3)c(SC)nn12. The average Bonchev–Trinajstić information content (AvgIpc) is 3.60. The van der Waals surface area contributed by atoms with E-state index in [0.717, 1.165) is 60.3 Å². The summed E-state index contributed by atoms with van der Waals surface area (Å²) in [5, 5.41) is 6.70. The van der Waals surface area contributed by atoms with Crippen LogP contribution in [-0.4, -0.2) is 55.9 Å². The van der Waals surface area contributed by atoms with Gasteiger partial charge in [-0.15, -0.1) is 11.8 Å².